The van der Waals surface area contributed by atoms with Gasteiger partial charge in [0.1, 0.15) is 12.4 Å². The molecule has 0 radical (unpaired) electrons. The van der Waals surface area contributed by atoms with Crippen LogP contribution in [0.1, 0.15) is 44.0 Å². The molecule has 0 saturated carbocycles. The number of fused-ring (bicyclic) bond motifs is 1. The number of aryl methyl sites for hydroxylation is 1. The van der Waals surface area contributed by atoms with E-state index in [-0.39, 0.29) is 18.1 Å². The van der Waals surface area contributed by atoms with Crippen LogP contribution in [0.15, 0.2) is 35.1 Å². The lowest BCUT2D eigenvalue weighted by molar-refractivity contribution is -0.132. The molecule has 1 aliphatic heterocycles. The Hall–Kier alpha value is -2.37. The molecule has 1 aromatic carbocycles. The Morgan fingerprint density at radius 2 is 2.00 bits per heavy atom. The van der Waals surface area contributed by atoms with E-state index in [1.54, 1.807) is 4.57 Å². The molecule has 0 atom stereocenters. The molecule has 0 bridgehead atoms. The van der Waals surface area contributed by atoms with Gasteiger partial charge >= 0.3 is 5.69 Å². The number of hydrogen-bond acceptors (Lipinski definition) is 3. The van der Waals surface area contributed by atoms with Crippen LogP contribution in [0.4, 0.5) is 0 Å². The number of carbonyl (C=O) groups is 1. The SMILES string of the molecule is CCCN(Cc1ccccc1)C(=O)Cn1nc2n(c1=O)CCCCC2. The van der Waals surface area contributed by atoms with Crippen LogP contribution >= 0.6 is 0 Å². The van der Waals surface area contributed by atoms with Crippen LogP contribution in [0.2, 0.25) is 0 Å². The molecule has 1 aromatic heterocycles. The number of amides is 1. The molecule has 2 heterocycles. The maximum absolute atomic E-state index is 12.8. The molecule has 1 amide bonds. The predicted octanol–water partition coefficient (Wildman–Crippen LogP) is 2.21. The molecule has 25 heavy (non-hydrogen) atoms. The molecule has 0 spiro atoms. The first kappa shape index (κ1) is 17.5. The summed E-state index contributed by atoms with van der Waals surface area (Å²) >= 11 is 0. The number of aromatic nitrogens is 3. The molecule has 6 nitrogen and oxygen atoms in total. The van der Waals surface area contributed by atoms with Gasteiger partial charge in [0.2, 0.25) is 5.91 Å². The van der Waals surface area contributed by atoms with E-state index in [0.29, 0.717) is 19.6 Å². The van der Waals surface area contributed by atoms with Crippen LogP contribution < -0.4 is 5.69 Å². The quantitative estimate of drug-likeness (QED) is 0.809. The predicted molar refractivity (Wildman–Crippen MR) is 96.2 cm³/mol. The fourth-order valence-corrected chi connectivity index (χ4v) is 3.32. The van der Waals surface area contributed by atoms with Crippen LogP contribution in [-0.4, -0.2) is 31.7 Å². The van der Waals surface area contributed by atoms with Gasteiger partial charge in [-0.05, 0) is 24.8 Å². The standard InChI is InChI=1S/C19H26N4O2/c1-2-12-21(14-16-9-5-3-6-10-16)18(24)15-23-19(25)22-13-8-4-7-11-17(22)20-23/h3,5-6,9-10H,2,4,7-8,11-15H2,1H3. The van der Waals surface area contributed by atoms with Gasteiger partial charge in [-0.3, -0.25) is 9.36 Å². The summed E-state index contributed by atoms with van der Waals surface area (Å²) in [7, 11) is 0. The lowest BCUT2D eigenvalue weighted by atomic mass is 10.2. The van der Waals surface area contributed by atoms with Crippen molar-refractivity contribution in [2.45, 2.75) is 58.7 Å². The maximum Gasteiger partial charge on any atom is 0.346 e. The van der Waals surface area contributed by atoms with Crippen molar-refractivity contribution in [2.75, 3.05) is 6.54 Å². The fraction of sp³-hybridized carbons (Fsp3) is 0.526. The molecular weight excluding hydrogens is 316 g/mol. The van der Waals surface area contributed by atoms with E-state index in [4.69, 9.17) is 0 Å². The number of carbonyl (C=O) groups excluding carboxylic acids is 1. The van der Waals surface area contributed by atoms with Gasteiger partial charge in [0.25, 0.3) is 0 Å². The highest BCUT2D eigenvalue weighted by atomic mass is 16.2. The molecule has 2 aromatic rings. The third kappa shape index (κ3) is 4.18. The van der Waals surface area contributed by atoms with Gasteiger partial charge in [0, 0.05) is 26.1 Å². The zero-order valence-electron chi connectivity index (χ0n) is 14.9. The van der Waals surface area contributed by atoms with Crippen molar-refractivity contribution in [3.05, 3.63) is 52.2 Å². The Kier molecular flexibility index (Phi) is 5.68. The second kappa shape index (κ2) is 8.14. The summed E-state index contributed by atoms with van der Waals surface area (Å²) < 4.78 is 3.08. The highest BCUT2D eigenvalue weighted by molar-refractivity contribution is 5.75. The van der Waals surface area contributed by atoms with Crippen molar-refractivity contribution < 1.29 is 4.79 Å². The van der Waals surface area contributed by atoms with E-state index in [1.165, 1.54) is 4.68 Å². The Morgan fingerprint density at radius 3 is 2.76 bits per heavy atom. The van der Waals surface area contributed by atoms with Crippen LogP contribution in [0.5, 0.6) is 0 Å². The van der Waals surface area contributed by atoms with E-state index in [2.05, 4.69) is 12.0 Å². The molecule has 3 rings (SSSR count). The second-order valence-corrected chi connectivity index (χ2v) is 6.62. The van der Waals surface area contributed by atoms with E-state index in [1.807, 2.05) is 35.2 Å². The Bertz CT molecular complexity index is 763. The average molecular weight is 342 g/mol. The van der Waals surface area contributed by atoms with E-state index < -0.39 is 0 Å². The highest BCUT2D eigenvalue weighted by Crippen LogP contribution is 2.11. The first-order valence-corrected chi connectivity index (χ1v) is 9.17. The van der Waals surface area contributed by atoms with Gasteiger partial charge in [-0.25, -0.2) is 9.48 Å². The minimum absolute atomic E-state index is 0.0195. The molecule has 0 unspecified atom stereocenters. The number of nitrogens with zero attached hydrogens (tertiary/aromatic N) is 4. The van der Waals surface area contributed by atoms with Crippen LogP contribution in [0.25, 0.3) is 0 Å². The summed E-state index contributed by atoms with van der Waals surface area (Å²) in [5.74, 6) is 0.765. The molecule has 0 aliphatic carbocycles. The average Bonchev–Trinajstić information content (AvgIpc) is 2.78. The normalized spacial score (nSPS) is 14.0. The lowest BCUT2D eigenvalue weighted by Gasteiger charge is -2.22. The summed E-state index contributed by atoms with van der Waals surface area (Å²) in [5, 5.41) is 4.42. The highest BCUT2D eigenvalue weighted by Gasteiger charge is 2.20. The topological polar surface area (TPSA) is 60.1 Å². The van der Waals surface area contributed by atoms with E-state index in [0.717, 1.165) is 43.5 Å². The van der Waals surface area contributed by atoms with Crippen LogP contribution in [-0.2, 0) is 30.8 Å². The second-order valence-electron chi connectivity index (χ2n) is 6.62. The van der Waals surface area contributed by atoms with E-state index >= 15 is 0 Å². The molecule has 134 valence electrons. The summed E-state index contributed by atoms with van der Waals surface area (Å²) in [6.45, 7) is 4.03. The molecule has 0 saturated heterocycles. The Morgan fingerprint density at radius 1 is 1.20 bits per heavy atom. The monoisotopic (exact) mass is 342 g/mol. The van der Waals surface area contributed by atoms with Crippen LogP contribution in [0.3, 0.4) is 0 Å². The molecule has 6 heteroatoms. The summed E-state index contributed by atoms with van der Waals surface area (Å²) in [4.78, 5) is 27.1. The third-order valence-corrected chi connectivity index (χ3v) is 4.63. The minimum atomic E-state index is -0.151. The van der Waals surface area contributed by atoms with Gasteiger partial charge in [0.15, 0.2) is 0 Å². The summed E-state index contributed by atoms with van der Waals surface area (Å²) in [5.41, 5.74) is 0.943. The van der Waals surface area contributed by atoms with Gasteiger partial charge in [-0.15, -0.1) is 0 Å². The van der Waals surface area contributed by atoms with E-state index in [9.17, 15) is 9.59 Å². The lowest BCUT2D eigenvalue weighted by Crippen LogP contribution is -2.37. The van der Waals surface area contributed by atoms with Crippen molar-refractivity contribution in [3.8, 4) is 0 Å². The Labute approximate surface area is 148 Å². The van der Waals surface area contributed by atoms with Crippen molar-refractivity contribution in [3.63, 3.8) is 0 Å². The number of benzene rings is 1. The van der Waals surface area contributed by atoms with Crippen molar-refractivity contribution in [1.82, 2.24) is 19.2 Å². The first-order chi connectivity index (χ1) is 12.2. The van der Waals surface area contributed by atoms with Gasteiger partial charge in [0.05, 0.1) is 0 Å². The van der Waals surface area contributed by atoms with Crippen molar-refractivity contribution in [2.24, 2.45) is 0 Å². The number of rotatable bonds is 6. The maximum atomic E-state index is 12.8. The zero-order chi connectivity index (χ0) is 17.6. The Balaban J connectivity index is 1.74. The zero-order valence-corrected chi connectivity index (χ0v) is 14.9. The fourth-order valence-electron chi connectivity index (χ4n) is 3.32. The molecular formula is C19H26N4O2. The van der Waals surface area contributed by atoms with Gasteiger partial charge in [-0.1, -0.05) is 43.7 Å². The van der Waals surface area contributed by atoms with Crippen molar-refractivity contribution in [1.29, 1.82) is 0 Å². The molecule has 1 aliphatic rings. The van der Waals surface area contributed by atoms with Crippen LogP contribution in [0, 0.1) is 0 Å². The summed E-state index contributed by atoms with van der Waals surface area (Å²) in [6, 6.07) is 9.94. The van der Waals surface area contributed by atoms with Gasteiger partial charge < -0.3 is 4.90 Å². The smallest absolute Gasteiger partial charge is 0.337 e. The summed E-state index contributed by atoms with van der Waals surface area (Å²) in [6.07, 6.45) is 4.89. The third-order valence-electron chi connectivity index (χ3n) is 4.63. The molecule has 0 N–H and O–H groups in total. The number of hydrogen-bond donors (Lipinski definition) is 0. The van der Waals surface area contributed by atoms with Gasteiger partial charge in [-0.2, -0.15) is 5.10 Å². The largest absolute Gasteiger partial charge is 0.346 e. The van der Waals surface area contributed by atoms with Crippen molar-refractivity contribution >= 4 is 5.91 Å². The molecule has 0 fully saturated rings. The minimum Gasteiger partial charge on any atom is -0.337 e. The first-order valence-electron chi connectivity index (χ1n) is 9.17.